The Hall–Kier alpha value is -2.18. The van der Waals surface area contributed by atoms with Gasteiger partial charge in [-0.05, 0) is 38.7 Å². The lowest BCUT2D eigenvalue weighted by Crippen LogP contribution is -2.32. The standard InChI is InChI=1S/C16H23N5O2/c1-11-8-12(2)21(18-11)10-16(22)20-7-6-14(9-20)4-5-15-17-13(3)23-19-15/h8,14H,4-7,9-10H2,1-3H3. The monoisotopic (exact) mass is 317 g/mol. The van der Waals surface area contributed by atoms with Crippen LogP contribution >= 0.6 is 0 Å². The third-order valence-electron chi connectivity index (χ3n) is 4.37. The molecule has 2 aromatic heterocycles. The summed E-state index contributed by atoms with van der Waals surface area (Å²) in [6, 6.07) is 1.99. The minimum absolute atomic E-state index is 0.147. The molecule has 1 atom stereocenters. The van der Waals surface area contributed by atoms with Crippen LogP contribution in [-0.2, 0) is 17.8 Å². The largest absolute Gasteiger partial charge is 0.341 e. The van der Waals surface area contributed by atoms with Gasteiger partial charge in [-0.1, -0.05) is 5.16 Å². The molecule has 1 saturated heterocycles. The van der Waals surface area contributed by atoms with Crippen molar-refractivity contribution in [1.29, 1.82) is 0 Å². The summed E-state index contributed by atoms with van der Waals surface area (Å²) in [5.41, 5.74) is 1.98. The zero-order valence-corrected chi connectivity index (χ0v) is 13.9. The molecule has 23 heavy (non-hydrogen) atoms. The summed E-state index contributed by atoms with van der Waals surface area (Å²) in [4.78, 5) is 18.6. The van der Waals surface area contributed by atoms with E-state index in [1.165, 1.54) is 0 Å². The number of hydrogen-bond acceptors (Lipinski definition) is 5. The first-order valence-corrected chi connectivity index (χ1v) is 8.09. The molecule has 0 spiro atoms. The normalized spacial score (nSPS) is 17.9. The van der Waals surface area contributed by atoms with Gasteiger partial charge in [0.15, 0.2) is 5.82 Å². The van der Waals surface area contributed by atoms with Crippen LogP contribution in [0, 0.1) is 26.7 Å². The third-order valence-corrected chi connectivity index (χ3v) is 4.37. The van der Waals surface area contributed by atoms with Gasteiger partial charge in [0.2, 0.25) is 11.8 Å². The number of hydrogen-bond donors (Lipinski definition) is 0. The Morgan fingerprint density at radius 3 is 2.87 bits per heavy atom. The molecule has 3 heterocycles. The minimum atomic E-state index is 0.147. The second-order valence-corrected chi connectivity index (χ2v) is 6.35. The molecule has 0 aromatic carbocycles. The van der Waals surface area contributed by atoms with Gasteiger partial charge in [0.25, 0.3) is 0 Å². The smallest absolute Gasteiger partial charge is 0.244 e. The minimum Gasteiger partial charge on any atom is -0.341 e. The summed E-state index contributed by atoms with van der Waals surface area (Å²) < 4.78 is 6.77. The number of aromatic nitrogens is 4. The molecule has 0 bridgehead atoms. The Bertz CT molecular complexity index is 690. The molecule has 1 amide bonds. The van der Waals surface area contributed by atoms with E-state index in [2.05, 4.69) is 15.2 Å². The average molecular weight is 317 g/mol. The Labute approximate surface area is 135 Å². The first-order valence-electron chi connectivity index (χ1n) is 8.09. The van der Waals surface area contributed by atoms with Gasteiger partial charge in [-0.2, -0.15) is 10.1 Å². The van der Waals surface area contributed by atoms with E-state index in [1.807, 2.05) is 24.8 Å². The SMILES string of the molecule is Cc1cc(C)n(CC(=O)N2CCC(CCc3noc(C)n3)C2)n1. The van der Waals surface area contributed by atoms with Crippen LogP contribution < -0.4 is 0 Å². The number of nitrogens with zero attached hydrogens (tertiary/aromatic N) is 5. The molecule has 1 aliphatic heterocycles. The van der Waals surface area contributed by atoms with Crippen LogP contribution in [-0.4, -0.2) is 43.8 Å². The highest BCUT2D eigenvalue weighted by molar-refractivity contribution is 5.76. The van der Waals surface area contributed by atoms with E-state index in [0.717, 1.165) is 49.6 Å². The lowest BCUT2D eigenvalue weighted by atomic mass is 10.0. The van der Waals surface area contributed by atoms with Crippen LogP contribution in [0.25, 0.3) is 0 Å². The van der Waals surface area contributed by atoms with E-state index in [0.29, 0.717) is 18.4 Å². The highest BCUT2D eigenvalue weighted by atomic mass is 16.5. The third kappa shape index (κ3) is 3.78. The molecule has 1 aliphatic rings. The number of rotatable bonds is 5. The molecule has 1 fully saturated rings. The summed E-state index contributed by atoms with van der Waals surface area (Å²) in [6.07, 6.45) is 2.84. The highest BCUT2D eigenvalue weighted by Crippen LogP contribution is 2.21. The number of carbonyl (C=O) groups is 1. The summed E-state index contributed by atoms with van der Waals surface area (Å²) in [7, 11) is 0. The maximum absolute atomic E-state index is 12.4. The lowest BCUT2D eigenvalue weighted by Gasteiger charge is -2.17. The van der Waals surface area contributed by atoms with Crippen molar-refractivity contribution >= 4 is 5.91 Å². The quantitative estimate of drug-likeness (QED) is 0.838. The van der Waals surface area contributed by atoms with Gasteiger partial charge in [-0.15, -0.1) is 0 Å². The van der Waals surface area contributed by atoms with Crippen molar-refractivity contribution in [2.75, 3.05) is 13.1 Å². The van der Waals surface area contributed by atoms with Crippen LogP contribution in [0.1, 0.15) is 35.9 Å². The molecule has 0 saturated carbocycles. The molecule has 3 rings (SSSR count). The van der Waals surface area contributed by atoms with Gasteiger partial charge in [0.1, 0.15) is 6.54 Å². The predicted octanol–water partition coefficient (Wildman–Crippen LogP) is 1.67. The molecular formula is C16H23N5O2. The van der Waals surface area contributed by atoms with Crippen molar-refractivity contribution in [2.24, 2.45) is 5.92 Å². The summed E-state index contributed by atoms with van der Waals surface area (Å²) in [6.45, 7) is 7.69. The number of carbonyl (C=O) groups excluding carboxylic acids is 1. The molecule has 1 unspecified atom stereocenters. The van der Waals surface area contributed by atoms with Gasteiger partial charge in [-0.3, -0.25) is 9.48 Å². The van der Waals surface area contributed by atoms with Crippen molar-refractivity contribution < 1.29 is 9.32 Å². The summed E-state index contributed by atoms with van der Waals surface area (Å²) in [5.74, 6) is 2.02. The summed E-state index contributed by atoms with van der Waals surface area (Å²) in [5, 5.41) is 8.28. The van der Waals surface area contributed by atoms with Crippen LogP contribution in [0.2, 0.25) is 0 Å². The van der Waals surface area contributed by atoms with Crippen LogP contribution in [0.4, 0.5) is 0 Å². The first-order chi connectivity index (χ1) is 11.0. The van der Waals surface area contributed by atoms with E-state index < -0.39 is 0 Å². The zero-order chi connectivity index (χ0) is 16.4. The fourth-order valence-electron chi connectivity index (χ4n) is 3.13. The molecule has 2 aromatic rings. The Kier molecular flexibility index (Phi) is 4.45. The van der Waals surface area contributed by atoms with E-state index in [9.17, 15) is 4.79 Å². The second-order valence-electron chi connectivity index (χ2n) is 6.35. The van der Waals surface area contributed by atoms with Crippen LogP contribution in [0.5, 0.6) is 0 Å². The number of aryl methyl sites for hydroxylation is 4. The van der Waals surface area contributed by atoms with E-state index in [1.54, 1.807) is 11.6 Å². The van der Waals surface area contributed by atoms with Crippen LogP contribution in [0.15, 0.2) is 10.6 Å². The average Bonchev–Trinajstić information content (AvgIpc) is 3.19. The summed E-state index contributed by atoms with van der Waals surface area (Å²) >= 11 is 0. The first kappa shape index (κ1) is 15.7. The molecule has 124 valence electrons. The van der Waals surface area contributed by atoms with Crippen molar-refractivity contribution in [3.05, 3.63) is 29.2 Å². The molecule has 0 aliphatic carbocycles. The van der Waals surface area contributed by atoms with Gasteiger partial charge >= 0.3 is 0 Å². The topological polar surface area (TPSA) is 77.0 Å². The van der Waals surface area contributed by atoms with E-state index in [-0.39, 0.29) is 5.91 Å². The molecule has 7 nitrogen and oxygen atoms in total. The second kappa shape index (κ2) is 6.52. The van der Waals surface area contributed by atoms with Gasteiger partial charge in [0, 0.05) is 32.1 Å². The van der Waals surface area contributed by atoms with Gasteiger partial charge < -0.3 is 9.42 Å². The van der Waals surface area contributed by atoms with Gasteiger partial charge in [0.05, 0.1) is 5.69 Å². The fourth-order valence-corrected chi connectivity index (χ4v) is 3.13. The van der Waals surface area contributed by atoms with Crippen molar-refractivity contribution in [3.8, 4) is 0 Å². The lowest BCUT2D eigenvalue weighted by molar-refractivity contribution is -0.131. The van der Waals surface area contributed by atoms with E-state index in [4.69, 9.17) is 4.52 Å². The number of amides is 1. The van der Waals surface area contributed by atoms with Crippen molar-refractivity contribution in [3.63, 3.8) is 0 Å². The molecule has 7 heteroatoms. The van der Waals surface area contributed by atoms with E-state index >= 15 is 0 Å². The van der Waals surface area contributed by atoms with Crippen molar-refractivity contribution in [1.82, 2.24) is 24.8 Å². The Balaban J connectivity index is 1.49. The fraction of sp³-hybridized carbons (Fsp3) is 0.625. The van der Waals surface area contributed by atoms with Crippen molar-refractivity contribution in [2.45, 2.75) is 46.6 Å². The Morgan fingerprint density at radius 2 is 2.22 bits per heavy atom. The van der Waals surface area contributed by atoms with Gasteiger partial charge in [-0.25, -0.2) is 0 Å². The maximum atomic E-state index is 12.4. The highest BCUT2D eigenvalue weighted by Gasteiger charge is 2.26. The number of likely N-dealkylation sites (tertiary alicyclic amines) is 1. The maximum Gasteiger partial charge on any atom is 0.244 e. The predicted molar refractivity (Wildman–Crippen MR) is 83.7 cm³/mol. The molecule has 0 radical (unpaired) electrons. The van der Waals surface area contributed by atoms with Crippen LogP contribution in [0.3, 0.4) is 0 Å². The molecule has 0 N–H and O–H groups in total. The molecular weight excluding hydrogens is 294 g/mol. The Morgan fingerprint density at radius 1 is 1.39 bits per heavy atom. The zero-order valence-electron chi connectivity index (χ0n) is 13.9.